The third-order valence-electron chi connectivity index (χ3n) is 2.37. The van der Waals surface area contributed by atoms with E-state index >= 15 is 0 Å². The Morgan fingerprint density at radius 2 is 2.19 bits per heavy atom. The van der Waals surface area contributed by atoms with Crippen molar-refractivity contribution in [2.24, 2.45) is 0 Å². The van der Waals surface area contributed by atoms with Gasteiger partial charge in [0, 0.05) is 12.5 Å². The standard InChI is InChI=1S/C10H15NO3S2/c1-7-9(14)11(10(15)16-7)6-4-2-3-5-8(12)13/h7H,2-6H2,1H3,(H,12,13)/p-1/t7-/m1/s1. The molecule has 6 heteroatoms. The summed E-state index contributed by atoms with van der Waals surface area (Å²) < 4.78 is 0.636. The molecule has 1 amide bonds. The fraction of sp³-hybridized carbons (Fsp3) is 0.700. The number of thioether (sulfide) groups is 1. The minimum Gasteiger partial charge on any atom is -0.550 e. The minimum absolute atomic E-state index is 0.0647. The van der Waals surface area contributed by atoms with E-state index < -0.39 is 5.97 Å². The molecule has 0 aromatic carbocycles. The van der Waals surface area contributed by atoms with Gasteiger partial charge in [0.15, 0.2) is 0 Å². The van der Waals surface area contributed by atoms with Crippen LogP contribution in [0.25, 0.3) is 0 Å². The zero-order valence-electron chi connectivity index (χ0n) is 9.10. The molecule has 4 nitrogen and oxygen atoms in total. The summed E-state index contributed by atoms with van der Waals surface area (Å²) in [6.07, 6.45) is 2.25. The number of unbranched alkanes of at least 4 members (excludes halogenated alkanes) is 2. The minimum atomic E-state index is -1.02. The van der Waals surface area contributed by atoms with Crippen LogP contribution in [0.2, 0.25) is 0 Å². The maximum Gasteiger partial charge on any atom is 0.241 e. The van der Waals surface area contributed by atoms with E-state index in [9.17, 15) is 14.7 Å². The summed E-state index contributed by atoms with van der Waals surface area (Å²) in [7, 11) is 0. The third-order valence-corrected chi connectivity index (χ3v) is 3.86. The molecule has 1 rings (SSSR count). The number of thiocarbonyl (C=S) groups is 1. The molecule has 0 N–H and O–H groups in total. The van der Waals surface area contributed by atoms with Crippen LogP contribution in [0.1, 0.15) is 32.6 Å². The van der Waals surface area contributed by atoms with Crippen molar-refractivity contribution in [3.8, 4) is 0 Å². The molecule has 1 atom stereocenters. The van der Waals surface area contributed by atoms with Crippen LogP contribution in [0.15, 0.2) is 0 Å². The van der Waals surface area contributed by atoms with E-state index in [1.807, 2.05) is 6.92 Å². The van der Waals surface area contributed by atoms with Gasteiger partial charge in [-0.05, 0) is 26.2 Å². The van der Waals surface area contributed by atoms with Gasteiger partial charge in [0.2, 0.25) is 5.91 Å². The Hall–Kier alpha value is -0.620. The van der Waals surface area contributed by atoms with Crippen molar-refractivity contribution in [1.29, 1.82) is 0 Å². The molecule has 0 unspecified atom stereocenters. The van der Waals surface area contributed by atoms with Crippen LogP contribution in [0.4, 0.5) is 0 Å². The Bertz CT molecular complexity index is 306. The molecular weight excluding hydrogens is 246 g/mol. The molecule has 0 aliphatic carbocycles. The number of aliphatic carboxylic acids is 1. The SMILES string of the molecule is C[C@H]1SC(=S)N(CCCCCC(=O)[O-])C1=O. The van der Waals surface area contributed by atoms with Gasteiger partial charge in [-0.1, -0.05) is 30.4 Å². The molecule has 1 heterocycles. The first-order valence-corrected chi connectivity index (χ1v) is 6.53. The van der Waals surface area contributed by atoms with E-state index in [0.29, 0.717) is 17.3 Å². The normalized spacial score (nSPS) is 20.6. The summed E-state index contributed by atoms with van der Waals surface area (Å²) in [5.41, 5.74) is 0. The Morgan fingerprint density at radius 3 is 2.69 bits per heavy atom. The zero-order valence-corrected chi connectivity index (χ0v) is 10.7. The number of nitrogens with zero attached hydrogens (tertiary/aromatic N) is 1. The van der Waals surface area contributed by atoms with Crippen LogP contribution in [-0.4, -0.2) is 32.9 Å². The summed E-state index contributed by atoms with van der Waals surface area (Å²) in [4.78, 5) is 23.4. The monoisotopic (exact) mass is 260 g/mol. The van der Waals surface area contributed by atoms with Gasteiger partial charge in [0.1, 0.15) is 4.32 Å². The Labute approximate surface area is 104 Å². The average molecular weight is 260 g/mol. The average Bonchev–Trinajstić information content (AvgIpc) is 2.43. The van der Waals surface area contributed by atoms with Crippen molar-refractivity contribution < 1.29 is 14.7 Å². The van der Waals surface area contributed by atoms with Crippen LogP contribution < -0.4 is 5.11 Å². The smallest absolute Gasteiger partial charge is 0.241 e. The maximum absolute atomic E-state index is 11.6. The Morgan fingerprint density at radius 1 is 1.50 bits per heavy atom. The van der Waals surface area contributed by atoms with E-state index in [4.69, 9.17) is 12.2 Å². The lowest BCUT2D eigenvalue weighted by Gasteiger charge is -2.14. The number of carboxylic acids is 1. The maximum atomic E-state index is 11.6. The predicted octanol–water partition coefficient (Wildman–Crippen LogP) is 0.545. The topological polar surface area (TPSA) is 60.4 Å². The summed E-state index contributed by atoms with van der Waals surface area (Å²) in [6.45, 7) is 2.44. The lowest BCUT2D eigenvalue weighted by atomic mass is 10.2. The van der Waals surface area contributed by atoms with Crippen LogP contribution in [0, 0.1) is 0 Å². The fourth-order valence-corrected chi connectivity index (χ4v) is 2.95. The zero-order chi connectivity index (χ0) is 12.1. The molecule has 0 saturated carbocycles. The highest BCUT2D eigenvalue weighted by atomic mass is 32.2. The van der Waals surface area contributed by atoms with Crippen LogP contribution in [-0.2, 0) is 9.59 Å². The molecule has 16 heavy (non-hydrogen) atoms. The molecule has 0 aromatic heterocycles. The summed E-state index contributed by atoms with van der Waals surface area (Å²) >= 11 is 6.49. The number of carbonyl (C=O) groups excluding carboxylic acids is 2. The van der Waals surface area contributed by atoms with Crippen LogP contribution in [0.3, 0.4) is 0 Å². The first-order chi connectivity index (χ1) is 7.52. The van der Waals surface area contributed by atoms with E-state index in [1.54, 1.807) is 4.90 Å². The predicted molar refractivity (Wildman–Crippen MR) is 64.8 cm³/mol. The van der Waals surface area contributed by atoms with Gasteiger partial charge >= 0.3 is 0 Å². The molecule has 1 aliphatic heterocycles. The second kappa shape index (κ2) is 6.20. The summed E-state index contributed by atoms with van der Waals surface area (Å²) in [6, 6.07) is 0. The summed E-state index contributed by atoms with van der Waals surface area (Å²) in [5, 5.41) is 10.1. The largest absolute Gasteiger partial charge is 0.550 e. The van der Waals surface area contributed by atoms with Crippen molar-refractivity contribution >= 4 is 40.2 Å². The Kier molecular flexibility index (Phi) is 5.21. The molecule has 1 aliphatic rings. The number of rotatable bonds is 6. The van der Waals surface area contributed by atoms with Gasteiger partial charge in [-0.3, -0.25) is 9.69 Å². The molecule has 0 radical (unpaired) electrons. The first kappa shape index (κ1) is 13.4. The molecular formula is C10H14NO3S2-. The van der Waals surface area contributed by atoms with Crippen molar-refractivity contribution in [2.45, 2.75) is 37.9 Å². The van der Waals surface area contributed by atoms with E-state index in [-0.39, 0.29) is 17.6 Å². The van der Waals surface area contributed by atoms with Crippen molar-refractivity contribution in [1.82, 2.24) is 4.90 Å². The first-order valence-electron chi connectivity index (χ1n) is 5.24. The molecule has 0 bridgehead atoms. The van der Waals surface area contributed by atoms with Gasteiger partial charge in [0.05, 0.1) is 5.25 Å². The molecule has 90 valence electrons. The van der Waals surface area contributed by atoms with E-state index in [1.165, 1.54) is 11.8 Å². The fourth-order valence-electron chi connectivity index (χ4n) is 1.49. The molecule has 1 saturated heterocycles. The molecule has 0 spiro atoms. The lowest BCUT2D eigenvalue weighted by molar-refractivity contribution is -0.305. The molecule has 1 fully saturated rings. The van der Waals surface area contributed by atoms with Crippen LogP contribution in [0.5, 0.6) is 0 Å². The van der Waals surface area contributed by atoms with Gasteiger partial charge in [0.25, 0.3) is 0 Å². The third kappa shape index (κ3) is 3.75. The van der Waals surface area contributed by atoms with Crippen molar-refractivity contribution in [3.63, 3.8) is 0 Å². The van der Waals surface area contributed by atoms with Gasteiger partial charge < -0.3 is 9.90 Å². The highest BCUT2D eigenvalue weighted by molar-refractivity contribution is 8.24. The number of carbonyl (C=O) groups is 2. The highest BCUT2D eigenvalue weighted by Gasteiger charge is 2.32. The number of amides is 1. The van der Waals surface area contributed by atoms with Gasteiger partial charge in [-0.2, -0.15) is 0 Å². The Balaban J connectivity index is 2.20. The molecule has 0 aromatic rings. The van der Waals surface area contributed by atoms with Crippen LogP contribution >= 0.6 is 24.0 Å². The van der Waals surface area contributed by atoms with Crippen molar-refractivity contribution in [3.05, 3.63) is 0 Å². The summed E-state index contributed by atoms with van der Waals surface area (Å²) in [5.74, 6) is -0.952. The van der Waals surface area contributed by atoms with E-state index in [0.717, 1.165) is 12.8 Å². The lowest BCUT2D eigenvalue weighted by Crippen LogP contribution is -2.31. The second-order valence-corrected chi connectivity index (χ2v) is 5.67. The number of hydrogen-bond donors (Lipinski definition) is 0. The second-order valence-electron chi connectivity index (χ2n) is 3.70. The number of hydrogen-bond acceptors (Lipinski definition) is 5. The van der Waals surface area contributed by atoms with Gasteiger partial charge in [-0.25, -0.2) is 0 Å². The quantitative estimate of drug-likeness (QED) is 0.515. The van der Waals surface area contributed by atoms with Gasteiger partial charge in [-0.15, -0.1) is 0 Å². The number of carboxylic acid groups (broad SMARTS) is 1. The van der Waals surface area contributed by atoms with E-state index in [2.05, 4.69) is 0 Å². The van der Waals surface area contributed by atoms with Crippen molar-refractivity contribution in [2.75, 3.05) is 6.54 Å². The highest BCUT2D eigenvalue weighted by Crippen LogP contribution is 2.26.